The van der Waals surface area contributed by atoms with Crippen molar-refractivity contribution < 1.29 is 14.1 Å². The zero-order valence-corrected chi connectivity index (χ0v) is 15.2. The standard InChI is InChI=1S/C20H13N3O4S/c24-19(21-14-8-4-9-15(12-14)23(25)26)18-17(13-6-2-1-3-7-13)22-20(28-18)16-10-5-11-27-16/h1-12H,(H,21,24). The van der Waals surface area contributed by atoms with Gasteiger partial charge in [-0.25, -0.2) is 4.98 Å². The summed E-state index contributed by atoms with van der Waals surface area (Å²) in [5, 5.41) is 14.3. The third-order valence-corrected chi connectivity index (χ3v) is 5.00. The van der Waals surface area contributed by atoms with E-state index in [1.807, 2.05) is 30.3 Å². The number of hydrogen-bond acceptors (Lipinski definition) is 6. The first-order chi connectivity index (χ1) is 13.6. The van der Waals surface area contributed by atoms with Crippen molar-refractivity contribution in [2.45, 2.75) is 0 Å². The minimum Gasteiger partial charge on any atom is -0.462 e. The number of nitro benzene ring substituents is 1. The fourth-order valence-electron chi connectivity index (χ4n) is 2.66. The highest BCUT2D eigenvalue weighted by atomic mass is 32.1. The maximum atomic E-state index is 12.9. The van der Waals surface area contributed by atoms with Gasteiger partial charge in [0.1, 0.15) is 4.88 Å². The third-order valence-electron chi connectivity index (χ3n) is 3.93. The van der Waals surface area contributed by atoms with Gasteiger partial charge < -0.3 is 9.73 Å². The van der Waals surface area contributed by atoms with Crippen LogP contribution in [0.15, 0.2) is 77.4 Å². The smallest absolute Gasteiger partial charge is 0.271 e. The number of carbonyl (C=O) groups excluding carboxylic acids is 1. The lowest BCUT2D eigenvalue weighted by Gasteiger charge is -2.05. The molecule has 8 heteroatoms. The van der Waals surface area contributed by atoms with Crippen molar-refractivity contribution in [3.8, 4) is 22.0 Å². The van der Waals surface area contributed by atoms with Crippen LogP contribution in [0.1, 0.15) is 9.67 Å². The quantitative estimate of drug-likeness (QED) is 0.371. The topological polar surface area (TPSA) is 98.3 Å². The Morgan fingerprint density at radius 1 is 1.07 bits per heavy atom. The molecule has 1 N–H and O–H groups in total. The van der Waals surface area contributed by atoms with Crippen LogP contribution in [0.4, 0.5) is 11.4 Å². The molecule has 0 bridgehead atoms. The van der Waals surface area contributed by atoms with Gasteiger partial charge in [0, 0.05) is 23.4 Å². The number of nitrogens with one attached hydrogen (secondary N) is 1. The lowest BCUT2D eigenvalue weighted by molar-refractivity contribution is -0.384. The Kier molecular flexibility index (Phi) is 4.69. The summed E-state index contributed by atoms with van der Waals surface area (Å²) in [6.07, 6.45) is 1.54. The zero-order valence-electron chi connectivity index (χ0n) is 14.4. The Morgan fingerprint density at radius 3 is 2.61 bits per heavy atom. The third kappa shape index (κ3) is 3.53. The maximum Gasteiger partial charge on any atom is 0.271 e. The van der Waals surface area contributed by atoms with Crippen molar-refractivity contribution in [2.24, 2.45) is 0 Å². The van der Waals surface area contributed by atoms with Crippen LogP contribution in [-0.4, -0.2) is 15.8 Å². The number of furan rings is 1. The van der Waals surface area contributed by atoms with E-state index < -0.39 is 10.8 Å². The van der Waals surface area contributed by atoms with Gasteiger partial charge in [-0.15, -0.1) is 11.3 Å². The van der Waals surface area contributed by atoms with Gasteiger partial charge in [0.2, 0.25) is 0 Å². The van der Waals surface area contributed by atoms with Crippen molar-refractivity contribution in [1.82, 2.24) is 4.98 Å². The van der Waals surface area contributed by atoms with Gasteiger partial charge in [-0.05, 0) is 18.2 Å². The molecule has 1 amide bonds. The lowest BCUT2D eigenvalue weighted by Crippen LogP contribution is -2.11. The number of aromatic nitrogens is 1. The predicted molar refractivity (Wildman–Crippen MR) is 106 cm³/mol. The van der Waals surface area contributed by atoms with E-state index in [4.69, 9.17) is 4.42 Å². The highest BCUT2D eigenvalue weighted by Gasteiger charge is 2.22. The van der Waals surface area contributed by atoms with Gasteiger partial charge in [-0.2, -0.15) is 0 Å². The molecule has 7 nitrogen and oxygen atoms in total. The Bertz CT molecular complexity index is 1140. The van der Waals surface area contributed by atoms with E-state index in [0.717, 1.165) is 5.56 Å². The van der Waals surface area contributed by atoms with Crippen LogP contribution in [0.3, 0.4) is 0 Å². The molecular weight excluding hydrogens is 378 g/mol. The van der Waals surface area contributed by atoms with E-state index in [0.29, 0.717) is 27.0 Å². The van der Waals surface area contributed by atoms with E-state index in [-0.39, 0.29) is 5.69 Å². The number of benzene rings is 2. The Morgan fingerprint density at radius 2 is 1.89 bits per heavy atom. The second-order valence-electron chi connectivity index (χ2n) is 5.80. The lowest BCUT2D eigenvalue weighted by atomic mass is 10.1. The molecule has 0 atom stereocenters. The van der Waals surface area contributed by atoms with Gasteiger partial charge in [0.05, 0.1) is 16.9 Å². The Balaban J connectivity index is 1.72. The molecular formula is C20H13N3O4S. The van der Waals surface area contributed by atoms with Crippen LogP contribution < -0.4 is 5.32 Å². The van der Waals surface area contributed by atoms with Crippen molar-refractivity contribution in [2.75, 3.05) is 5.32 Å². The number of nitro groups is 1. The molecule has 0 radical (unpaired) electrons. The molecule has 2 aromatic carbocycles. The van der Waals surface area contributed by atoms with Gasteiger partial charge in [-0.3, -0.25) is 14.9 Å². The number of nitrogens with zero attached hydrogens (tertiary/aromatic N) is 2. The summed E-state index contributed by atoms with van der Waals surface area (Å²) in [6.45, 7) is 0. The van der Waals surface area contributed by atoms with Crippen molar-refractivity contribution in [1.29, 1.82) is 0 Å². The number of anilines is 1. The number of thiazole rings is 1. The first-order valence-corrected chi connectivity index (χ1v) is 9.09. The van der Waals surface area contributed by atoms with E-state index in [9.17, 15) is 14.9 Å². The van der Waals surface area contributed by atoms with E-state index in [1.165, 1.54) is 29.5 Å². The number of non-ortho nitro benzene ring substituents is 1. The van der Waals surface area contributed by atoms with Crippen molar-refractivity contribution in [3.63, 3.8) is 0 Å². The van der Waals surface area contributed by atoms with Crippen molar-refractivity contribution in [3.05, 3.63) is 88.0 Å². The molecule has 0 saturated carbocycles. The van der Waals surface area contributed by atoms with E-state index in [1.54, 1.807) is 24.5 Å². The zero-order chi connectivity index (χ0) is 19.5. The van der Waals surface area contributed by atoms with Crippen molar-refractivity contribution >= 4 is 28.6 Å². The Hall–Kier alpha value is -3.78. The Labute approximate surface area is 163 Å². The molecule has 2 heterocycles. The summed E-state index contributed by atoms with van der Waals surface area (Å²) in [4.78, 5) is 28.4. The van der Waals surface area contributed by atoms with Crippen LogP contribution in [0.5, 0.6) is 0 Å². The first kappa shape index (κ1) is 17.6. The number of rotatable bonds is 5. The molecule has 0 spiro atoms. The van der Waals surface area contributed by atoms with Crippen LogP contribution in [0, 0.1) is 10.1 Å². The molecule has 138 valence electrons. The fraction of sp³-hybridized carbons (Fsp3) is 0. The molecule has 4 aromatic rings. The van der Waals surface area contributed by atoms with Gasteiger partial charge in [0.25, 0.3) is 11.6 Å². The number of amides is 1. The first-order valence-electron chi connectivity index (χ1n) is 8.28. The molecule has 0 aliphatic rings. The van der Waals surface area contributed by atoms with Gasteiger partial charge in [0.15, 0.2) is 10.8 Å². The molecule has 0 aliphatic heterocycles. The maximum absolute atomic E-state index is 12.9. The normalized spacial score (nSPS) is 10.6. The van der Waals surface area contributed by atoms with E-state index >= 15 is 0 Å². The number of carbonyl (C=O) groups is 1. The molecule has 2 aromatic heterocycles. The van der Waals surface area contributed by atoms with Gasteiger partial charge in [-0.1, -0.05) is 36.4 Å². The summed E-state index contributed by atoms with van der Waals surface area (Å²) in [5.74, 6) is 0.172. The molecule has 0 unspecified atom stereocenters. The highest BCUT2D eigenvalue weighted by Crippen LogP contribution is 2.34. The largest absolute Gasteiger partial charge is 0.462 e. The number of hydrogen-bond donors (Lipinski definition) is 1. The highest BCUT2D eigenvalue weighted by molar-refractivity contribution is 7.17. The average Bonchev–Trinajstić information content (AvgIpc) is 3.38. The molecule has 0 aliphatic carbocycles. The summed E-state index contributed by atoms with van der Waals surface area (Å²) < 4.78 is 5.41. The average molecular weight is 391 g/mol. The summed E-state index contributed by atoms with van der Waals surface area (Å²) in [5.41, 5.74) is 1.56. The second-order valence-corrected chi connectivity index (χ2v) is 6.80. The van der Waals surface area contributed by atoms with Crippen LogP contribution in [0.25, 0.3) is 22.0 Å². The SMILES string of the molecule is O=C(Nc1cccc([N+](=O)[O-])c1)c1sc(-c2ccco2)nc1-c1ccccc1. The summed E-state index contributed by atoms with van der Waals surface area (Å²) in [7, 11) is 0. The fourth-order valence-corrected chi connectivity index (χ4v) is 3.61. The predicted octanol–water partition coefficient (Wildman–Crippen LogP) is 5.23. The molecule has 28 heavy (non-hydrogen) atoms. The molecule has 0 saturated heterocycles. The molecule has 4 rings (SSSR count). The minimum absolute atomic E-state index is 0.0957. The van der Waals surface area contributed by atoms with Crippen LogP contribution in [-0.2, 0) is 0 Å². The minimum atomic E-state index is -0.507. The summed E-state index contributed by atoms with van der Waals surface area (Å²) >= 11 is 1.20. The van der Waals surface area contributed by atoms with E-state index in [2.05, 4.69) is 10.3 Å². The molecule has 0 fully saturated rings. The second kappa shape index (κ2) is 7.45. The van der Waals surface area contributed by atoms with Gasteiger partial charge >= 0.3 is 0 Å². The monoisotopic (exact) mass is 391 g/mol. The van der Waals surface area contributed by atoms with Crippen LogP contribution in [0.2, 0.25) is 0 Å². The summed E-state index contributed by atoms with van der Waals surface area (Å²) in [6, 6.07) is 18.7. The van der Waals surface area contributed by atoms with Crippen LogP contribution >= 0.6 is 11.3 Å².